The van der Waals surface area contributed by atoms with Crippen LogP contribution >= 0.6 is 11.6 Å². The van der Waals surface area contributed by atoms with Gasteiger partial charge < -0.3 is 19.1 Å². The second kappa shape index (κ2) is 13.4. The standard InChI is InChI=1S/C39H50ClN3O6S/c1-26-5-3-7-35(48-16-15-42-20-38(21-42)23-47-24-38)32-11-8-30(32)19-43-22-39(14-4-6-28-17-31(40)10-12-33(28)39)25-49-36-13-9-29(18-34(36)43)37(44)41-50(45,46)27(26)2/h3,7,9-10,12-13,17-18,26-27,30,32,35H,4-6,8,11,14-16,19-25H2,1-2H3,(H,41,44)/b7-3+/t26-,27+,30-,32+,35-,39-/m0/s1. The molecule has 2 saturated heterocycles. The van der Waals surface area contributed by atoms with Gasteiger partial charge in [-0.25, -0.2) is 13.1 Å². The summed E-state index contributed by atoms with van der Waals surface area (Å²) in [6.07, 6.45) is 10.0. The van der Waals surface area contributed by atoms with Crippen LogP contribution in [-0.4, -0.2) is 89.7 Å². The van der Waals surface area contributed by atoms with Gasteiger partial charge in [0.1, 0.15) is 5.75 Å². The number of carbonyl (C=O) groups is 1. The molecule has 2 aliphatic carbocycles. The van der Waals surface area contributed by atoms with Crippen molar-refractivity contribution in [3.63, 3.8) is 0 Å². The van der Waals surface area contributed by atoms with Gasteiger partial charge in [0.05, 0.1) is 43.5 Å². The number of allylic oxidation sites excluding steroid dienone is 1. The van der Waals surface area contributed by atoms with Crippen molar-refractivity contribution in [2.75, 3.05) is 64.1 Å². The van der Waals surface area contributed by atoms with E-state index in [4.69, 9.17) is 25.8 Å². The first-order valence-corrected chi connectivity index (χ1v) is 20.4. The van der Waals surface area contributed by atoms with Gasteiger partial charge in [-0.05, 0) is 105 Å². The molecule has 6 atom stereocenters. The predicted octanol–water partition coefficient (Wildman–Crippen LogP) is 5.60. The van der Waals surface area contributed by atoms with Gasteiger partial charge in [-0.1, -0.05) is 36.7 Å². The number of halogens is 1. The molecule has 1 N–H and O–H groups in total. The van der Waals surface area contributed by atoms with Gasteiger partial charge in [-0.2, -0.15) is 0 Å². The number of hydrogen-bond acceptors (Lipinski definition) is 8. The van der Waals surface area contributed by atoms with Gasteiger partial charge >= 0.3 is 0 Å². The summed E-state index contributed by atoms with van der Waals surface area (Å²) in [5.74, 6) is 0.648. The van der Waals surface area contributed by atoms with Crippen LogP contribution in [0.1, 0.15) is 67.4 Å². The predicted molar refractivity (Wildman–Crippen MR) is 195 cm³/mol. The maximum atomic E-state index is 13.5. The topological polar surface area (TPSA) is 97.4 Å². The van der Waals surface area contributed by atoms with Crippen LogP contribution in [0.15, 0.2) is 48.6 Å². The van der Waals surface area contributed by atoms with E-state index >= 15 is 0 Å². The van der Waals surface area contributed by atoms with Crippen molar-refractivity contribution in [3.8, 4) is 5.75 Å². The fourth-order valence-electron chi connectivity index (χ4n) is 9.27. The second-order valence-corrected chi connectivity index (χ2v) is 18.6. The van der Waals surface area contributed by atoms with E-state index in [0.717, 1.165) is 94.5 Å². The summed E-state index contributed by atoms with van der Waals surface area (Å²) < 4.78 is 48.1. The van der Waals surface area contributed by atoms with E-state index in [1.807, 2.05) is 25.1 Å². The molecule has 0 aromatic heterocycles. The van der Waals surface area contributed by atoms with Crippen molar-refractivity contribution in [3.05, 3.63) is 70.3 Å². The highest BCUT2D eigenvalue weighted by Gasteiger charge is 2.49. The minimum Gasteiger partial charge on any atom is -0.490 e. The lowest BCUT2D eigenvalue weighted by atomic mass is 9.68. The molecule has 4 heterocycles. The maximum Gasteiger partial charge on any atom is 0.264 e. The van der Waals surface area contributed by atoms with Crippen LogP contribution < -0.4 is 14.4 Å². The van der Waals surface area contributed by atoms with Crippen molar-refractivity contribution in [1.82, 2.24) is 9.62 Å². The molecule has 2 aromatic carbocycles. The average Bonchev–Trinajstić information content (AvgIpc) is 3.18. The summed E-state index contributed by atoms with van der Waals surface area (Å²) in [5.41, 5.74) is 3.85. The number of likely N-dealkylation sites (tertiary alicyclic amines) is 1. The number of amides is 1. The molecular weight excluding hydrogens is 674 g/mol. The summed E-state index contributed by atoms with van der Waals surface area (Å²) in [4.78, 5) is 18.4. The van der Waals surface area contributed by atoms with Gasteiger partial charge in [0.25, 0.3) is 5.91 Å². The smallest absolute Gasteiger partial charge is 0.264 e. The zero-order chi connectivity index (χ0) is 34.7. The number of ether oxygens (including phenoxy) is 3. The lowest BCUT2D eigenvalue weighted by Crippen LogP contribution is -2.66. The molecule has 1 saturated carbocycles. The number of hydrogen-bond donors (Lipinski definition) is 1. The molecule has 0 radical (unpaired) electrons. The zero-order valence-electron chi connectivity index (χ0n) is 29.2. The number of aryl methyl sites for hydroxylation is 1. The SMILES string of the molecule is C[C@@H]1[C@@H](C)C/C=C/[C@H](OCCN2CC3(COC3)C2)[C@@H]2CC[C@H]2CN2C[C@@]3(CCCc4cc(Cl)ccc43)COc3ccc(cc32)C(=O)NS1(=O)=O. The third-order valence-electron chi connectivity index (χ3n) is 12.7. The third-order valence-corrected chi connectivity index (χ3v) is 14.8. The molecule has 50 heavy (non-hydrogen) atoms. The summed E-state index contributed by atoms with van der Waals surface area (Å²) in [6, 6.07) is 11.6. The lowest BCUT2D eigenvalue weighted by molar-refractivity contribution is -0.192. The highest BCUT2D eigenvalue weighted by atomic mass is 35.5. The second-order valence-electron chi connectivity index (χ2n) is 16.1. The maximum absolute atomic E-state index is 13.5. The molecule has 9 nitrogen and oxygen atoms in total. The van der Waals surface area contributed by atoms with Crippen LogP contribution in [-0.2, 0) is 31.3 Å². The molecule has 11 heteroatoms. The summed E-state index contributed by atoms with van der Waals surface area (Å²) in [7, 11) is -3.92. The van der Waals surface area contributed by atoms with Crippen LogP contribution in [0.2, 0.25) is 5.02 Å². The molecule has 0 unspecified atom stereocenters. The number of fused-ring (bicyclic) bond motifs is 4. The van der Waals surface area contributed by atoms with Crippen LogP contribution in [0.4, 0.5) is 5.69 Å². The minimum absolute atomic E-state index is 0.0525. The fraction of sp³-hybridized carbons (Fsp3) is 0.615. The number of rotatable bonds is 4. The molecule has 270 valence electrons. The van der Waals surface area contributed by atoms with Crippen LogP contribution in [0.3, 0.4) is 0 Å². The number of nitrogens with zero attached hydrogens (tertiary/aromatic N) is 2. The largest absolute Gasteiger partial charge is 0.490 e. The monoisotopic (exact) mass is 723 g/mol. The Morgan fingerprint density at radius 3 is 2.66 bits per heavy atom. The molecule has 4 aliphatic heterocycles. The molecule has 3 fully saturated rings. The molecule has 8 rings (SSSR count). The Morgan fingerprint density at radius 2 is 1.90 bits per heavy atom. The van der Waals surface area contributed by atoms with Gasteiger partial charge in [0, 0.05) is 54.1 Å². The van der Waals surface area contributed by atoms with E-state index < -0.39 is 21.2 Å². The van der Waals surface area contributed by atoms with E-state index in [0.29, 0.717) is 42.4 Å². The highest BCUT2D eigenvalue weighted by Crippen LogP contribution is 2.47. The Labute approximate surface area is 301 Å². The normalized spacial score (nSPS) is 33.8. The summed E-state index contributed by atoms with van der Waals surface area (Å²) in [5, 5.41) is -0.00512. The van der Waals surface area contributed by atoms with E-state index in [1.165, 1.54) is 11.1 Å². The minimum atomic E-state index is -3.92. The number of benzene rings is 2. The first-order chi connectivity index (χ1) is 24.0. The quantitative estimate of drug-likeness (QED) is 0.408. The van der Waals surface area contributed by atoms with Crippen molar-refractivity contribution < 1.29 is 27.4 Å². The zero-order valence-corrected chi connectivity index (χ0v) is 30.8. The van der Waals surface area contributed by atoms with Crippen molar-refractivity contribution >= 4 is 33.2 Å². The first-order valence-electron chi connectivity index (χ1n) is 18.5. The Morgan fingerprint density at radius 1 is 1.06 bits per heavy atom. The van der Waals surface area contributed by atoms with Crippen molar-refractivity contribution in [1.29, 1.82) is 0 Å². The molecule has 2 bridgehead atoms. The Balaban J connectivity index is 1.11. The van der Waals surface area contributed by atoms with E-state index in [9.17, 15) is 13.2 Å². The van der Waals surface area contributed by atoms with Crippen LogP contribution in [0.25, 0.3) is 0 Å². The van der Waals surface area contributed by atoms with E-state index in [2.05, 4.69) is 38.8 Å². The summed E-state index contributed by atoms with van der Waals surface area (Å²) in [6.45, 7) is 11.1. The lowest BCUT2D eigenvalue weighted by Gasteiger charge is -2.55. The highest BCUT2D eigenvalue weighted by molar-refractivity contribution is 7.90. The molecule has 1 amide bonds. The Kier molecular flexibility index (Phi) is 9.24. The van der Waals surface area contributed by atoms with Crippen molar-refractivity contribution in [2.24, 2.45) is 23.2 Å². The molecule has 2 spiro atoms. The molecule has 2 aromatic rings. The molecular formula is C39H50ClN3O6S. The Bertz CT molecular complexity index is 1760. The number of sulfonamides is 1. The Hall–Kier alpha value is -2.63. The fourth-order valence-corrected chi connectivity index (χ4v) is 10.8. The van der Waals surface area contributed by atoms with Crippen LogP contribution in [0, 0.1) is 23.2 Å². The van der Waals surface area contributed by atoms with Gasteiger partial charge in [-0.15, -0.1) is 0 Å². The van der Waals surface area contributed by atoms with E-state index in [1.54, 1.807) is 13.0 Å². The number of carbonyl (C=O) groups excluding carboxylic acids is 1. The number of anilines is 1. The van der Waals surface area contributed by atoms with E-state index in [-0.39, 0.29) is 17.4 Å². The van der Waals surface area contributed by atoms with Gasteiger partial charge in [0.2, 0.25) is 10.0 Å². The molecule has 6 aliphatic rings. The van der Waals surface area contributed by atoms with Gasteiger partial charge in [0.15, 0.2) is 0 Å². The van der Waals surface area contributed by atoms with Crippen LogP contribution in [0.5, 0.6) is 5.75 Å². The van der Waals surface area contributed by atoms with Crippen molar-refractivity contribution in [2.45, 2.75) is 69.1 Å². The first kappa shape index (κ1) is 34.5. The number of nitrogens with one attached hydrogen (secondary N) is 1. The third kappa shape index (κ3) is 6.48. The van der Waals surface area contributed by atoms with Gasteiger partial charge in [-0.3, -0.25) is 9.69 Å². The summed E-state index contributed by atoms with van der Waals surface area (Å²) >= 11 is 6.47. The average molecular weight is 724 g/mol.